The first kappa shape index (κ1) is 10.2. The molecule has 0 bridgehead atoms. The molecule has 0 atom stereocenters. The molecule has 3 aromatic rings. The maximum absolute atomic E-state index is 4.30. The van der Waals surface area contributed by atoms with Gasteiger partial charge in [-0.2, -0.15) is 0 Å². The van der Waals surface area contributed by atoms with Crippen molar-refractivity contribution in [2.24, 2.45) is 0 Å². The predicted octanol–water partition coefficient (Wildman–Crippen LogP) is 4.57. The molecule has 2 aromatic carbocycles. The normalized spacial score (nSPS) is 10.8. The van der Waals surface area contributed by atoms with Gasteiger partial charge in [-0.25, -0.2) is 4.98 Å². The molecule has 0 amide bonds. The molecule has 0 aliphatic rings. The lowest BCUT2D eigenvalue weighted by atomic mass is 10.0. The van der Waals surface area contributed by atoms with Crippen LogP contribution in [0.4, 0.5) is 0 Å². The first-order valence-electron chi connectivity index (χ1n) is 4.94. The number of aromatic nitrogens is 1. The molecule has 1 heterocycles. The molecule has 1 nitrogen and oxygen atoms in total. The van der Waals surface area contributed by atoms with Gasteiger partial charge in [0.15, 0.2) is 3.01 Å². The Kier molecular flexibility index (Phi) is 2.65. The molecule has 0 aliphatic carbocycles. The largest absolute Gasteiger partial charge is 0.238 e. The highest BCUT2D eigenvalue weighted by Crippen LogP contribution is 2.32. The Labute approximate surface area is 111 Å². The summed E-state index contributed by atoms with van der Waals surface area (Å²) in [5, 5.41) is 2.58. The van der Waals surface area contributed by atoms with Crippen molar-refractivity contribution in [3.8, 4) is 10.4 Å². The maximum Gasteiger partial charge on any atom is 0.154 e. The van der Waals surface area contributed by atoms with Crippen molar-refractivity contribution in [1.82, 2.24) is 4.98 Å². The van der Waals surface area contributed by atoms with Gasteiger partial charge in [-0.05, 0) is 33.4 Å². The maximum atomic E-state index is 4.30. The van der Waals surface area contributed by atoms with E-state index in [0.717, 1.165) is 3.01 Å². The zero-order chi connectivity index (χ0) is 11.0. The van der Waals surface area contributed by atoms with Crippen molar-refractivity contribution in [3.63, 3.8) is 0 Å². The molecule has 1 aromatic heterocycles. The highest BCUT2D eigenvalue weighted by atomic mass is 127. The van der Waals surface area contributed by atoms with Crippen LogP contribution in [0.5, 0.6) is 0 Å². The van der Waals surface area contributed by atoms with Gasteiger partial charge in [0.05, 0.1) is 4.88 Å². The molecule has 0 aliphatic heterocycles. The average Bonchev–Trinajstić information content (AvgIpc) is 2.75. The van der Waals surface area contributed by atoms with E-state index in [0.29, 0.717) is 0 Å². The van der Waals surface area contributed by atoms with Gasteiger partial charge >= 0.3 is 0 Å². The van der Waals surface area contributed by atoms with Gasteiger partial charge in [0, 0.05) is 11.8 Å². The number of thiazole rings is 1. The van der Waals surface area contributed by atoms with E-state index in [1.165, 1.54) is 21.2 Å². The average molecular weight is 337 g/mol. The second-order valence-electron chi connectivity index (χ2n) is 3.50. The van der Waals surface area contributed by atoms with Crippen LogP contribution in [0.15, 0.2) is 48.7 Å². The summed E-state index contributed by atoms with van der Waals surface area (Å²) in [6, 6.07) is 14.9. The number of nitrogens with zero attached hydrogens (tertiary/aromatic N) is 1. The molecule has 0 saturated carbocycles. The lowest BCUT2D eigenvalue weighted by Gasteiger charge is -2.03. The fraction of sp³-hybridized carbons (Fsp3) is 0. The Bertz CT molecular complexity index is 640. The molecule has 0 unspecified atom stereocenters. The summed E-state index contributed by atoms with van der Waals surface area (Å²) in [6.45, 7) is 0. The number of rotatable bonds is 1. The second kappa shape index (κ2) is 4.14. The van der Waals surface area contributed by atoms with E-state index in [1.807, 2.05) is 6.20 Å². The topological polar surface area (TPSA) is 12.9 Å². The van der Waals surface area contributed by atoms with E-state index in [4.69, 9.17) is 0 Å². The number of hydrogen-bond donors (Lipinski definition) is 0. The Morgan fingerprint density at radius 3 is 2.62 bits per heavy atom. The highest BCUT2D eigenvalue weighted by Gasteiger charge is 2.05. The minimum Gasteiger partial charge on any atom is -0.238 e. The zero-order valence-corrected chi connectivity index (χ0v) is 11.3. The van der Waals surface area contributed by atoms with Crippen molar-refractivity contribution in [2.45, 2.75) is 0 Å². The molecule has 0 radical (unpaired) electrons. The number of fused-ring (bicyclic) bond motifs is 1. The lowest BCUT2D eigenvalue weighted by Crippen LogP contribution is -1.77. The second-order valence-corrected chi connectivity index (χ2v) is 6.29. The summed E-state index contributed by atoms with van der Waals surface area (Å²) in [6.07, 6.45) is 1.95. The van der Waals surface area contributed by atoms with Gasteiger partial charge in [-0.3, -0.25) is 0 Å². The lowest BCUT2D eigenvalue weighted by molar-refractivity contribution is 1.38. The van der Waals surface area contributed by atoms with Gasteiger partial charge in [-0.1, -0.05) is 42.5 Å². The number of benzene rings is 2. The van der Waals surface area contributed by atoms with Crippen LogP contribution in [0.25, 0.3) is 21.2 Å². The molecule has 0 saturated heterocycles. The molecule has 0 spiro atoms. The van der Waals surface area contributed by atoms with Crippen molar-refractivity contribution >= 4 is 44.7 Å². The van der Waals surface area contributed by atoms with E-state index in [2.05, 4.69) is 70.0 Å². The molecular formula is C13H8INS. The third-order valence-electron chi connectivity index (χ3n) is 2.53. The van der Waals surface area contributed by atoms with Crippen LogP contribution < -0.4 is 0 Å². The van der Waals surface area contributed by atoms with E-state index >= 15 is 0 Å². The Morgan fingerprint density at radius 2 is 1.81 bits per heavy atom. The van der Waals surface area contributed by atoms with Crippen LogP contribution in [-0.2, 0) is 0 Å². The van der Waals surface area contributed by atoms with Crippen LogP contribution in [0.1, 0.15) is 0 Å². The number of halogens is 1. The fourth-order valence-corrected chi connectivity index (χ4v) is 3.35. The molecule has 0 fully saturated rings. The zero-order valence-electron chi connectivity index (χ0n) is 8.35. The smallest absolute Gasteiger partial charge is 0.154 e. The molecule has 0 N–H and O–H groups in total. The van der Waals surface area contributed by atoms with Crippen LogP contribution >= 0.6 is 33.9 Å². The van der Waals surface area contributed by atoms with E-state index in [1.54, 1.807) is 11.3 Å². The van der Waals surface area contributed by atoms with Crippen molar-refractivity contribution in [2.75, 3.05) is 0 Å². The van der Waals surface area contributed by atoms with Crippen LogP contribution in [0.3, 0.4) is 0 Å². The van der Waals surface area contributed by atoms with E-state index < -0.39 is 0 Å². The van der Waals surface area contributed by atoms with E-state index in [9.17, 15) is 0 Å². The Hall–Kier alpha value is -0.940. The molecular weight excluding hydrogens is 329 g/mol. The van der Waals surface area contributed by atoms with Crippen molar-refractivity contribution in [3.05, 3.63) is 51.7 Å². The van der Waals surface area contributed by atoms with Gasteiger partial charge < -0.3 is 0 Å². The molecule has 3 heteroatoms. The predicted molar refractivity (Wildman–Crippen MR) is 77.8 cm³/mol. The quantitative estimate of drug-likeness (QED) is 0.593. The van der Waals surface area contributed by atoms with Gasteiger partial charge in [-0.15, -0.1) is 11.3 Å². The van der Waals surface area contributed by atoms with Crippen LogP contribution in [0.2, 0.25) is 0 Å². The van der Waals surface area contributed by atoms with Gasteiger partial charge in [0.1, 0.15) is 0 Å². The first-order valence-corrected chi connectivity index (χ1v) is 6.83. The standard InChI is InChI=1S/C13H8INS/c14-13-15-8-12(16-13)11-7-3-5-9-4-1-2-6-10(9)11/h1-8H. The monoisotopic (exact) mass is 337 g/mol. The van der Waals surface area contributed by atoms with Crippen LogP contribution in [0, 0.1) is 3.01 Å². The van der Waals surface area contributed by atoms with Crippen LogP contribution in [-0.4, -0.2) is 4.98 Å². The van der Waals surface area contributed by atoms with Gasteiger partial charge in [0.25, 0.3) is 0 Å². The fourth-order valence-electron chi connectivity index (χ4n) is 1.82. The minimum atomic E-state index is 1.08. The summed E-state index contributed by atoms with van der Waals surface area (Å²) in [4.78, 5) is 5.54. The molecule has 16 heavy (non-hydrogen) atoms. The summed E-state index contributed by atoms with van der Waals surface area (Å²) in [5.41, 5.74) is 1.28. The third-order valence-corrected chi connectivity index (χ3v) is 4.29. The molecule has 78 valence electrons. The summed E-state index contributed by atoms with van der Waals surface area (Å²) < 4.78 is 1.08. The summed E-state index contributed by atoms with van der Waals surface area (Å²) in [5.74, 6) is 0. The van der Waals surface area contributed by atoms with E-state index in [-0.39, 0.29) is 0 Å². The molecule has 3 rings (SSSR count). The third kappa shape index (κ3) is 1.74. The van der Waals surface area contributed by atoms with Crippen molar-refractivity contribution < 1.29 is 0 Å². The number of hydrogen-bond acceptors (Lipinski definition) is 2. The Balaban J connectivity index is 2.31. The van der Waals surface area contributed by atoms with Crippen molar-refractivity contribution in [1.29, 1.82) is 0 Å². The summed E-state index contributed by atoms with van der Waals surface area (Å²) in [7, 11) is 0. The Morgan fingerprint density at radius 1 is 1.00 bits per heavy atom. The minimum absolute atomic E-state index is 1.08. The highest BCUT2D eigenvalue weighted by molar-refractivity contribution is 14.1. The first-order chi connectivity index (χ1) is 7.84. The SMILES string of the molecule is Ic1ncc(-c2cccc3ccccc23)s1. The summed E-state index contributed by atoms with van der Waals surface area (Å²) >= 11 is 3.99. The van der Waals surface area contributed by atoms with Gasteiger partial charge in [0.2, 0.25) is 0 Å².